The maximum absolute atomic E-state index is 11.3. The van der Waals surface area contributed by atoms with Crippen molar-refractivity contribution in [2.75, 3.05) is 6.61 Å². The lowest BCUT2D eigenvalue weighted by Crippen LogP contribution is -2.46. The van der Waals surface area contributed by atoms with E-state index in [-0.39, 0.29) is 18.6 Å². The highest BCUT2D eigenvalue weighted by atomic mass is 16.3. The molecule has 0 aliphatic heterocycles. The van der Waals surface area contributed by atoms with Crippen LogP contribution >= 0.6 is 0 Å². The maximum atomic E-state index is 11.3. The molecule has 0 heterocycles. The Balaban J connectivity index is 3.83. The van der Waals surface area contributed by atoms with Crippen molar-refractivity contribution in [1.82, 2.24) is 5.32 Å². The van der Waals surface area contributed by atoms with Crippen LogP contribution in [0.3, 0.4) is 0 Å². The van der Waals surface area contributed by atoms with E-state index < -0.39 is 6.04 Å². The normalized spacial score (nSPS) is 15.1. The second-order valence-electron chi connectivity index (χ2n) is 3.19. The lowest BCUT2D eigenvalue weighted by atomic mass is 10.1. The van der Waals surface area contributed by atoms with E-state index in [1.54, 1.807) is 0 Å². The number of carbonyl (C=O) groups excluding carboxylic acids is 1. The molecule has 0 aliphatic carbocycles. The zero-order valence-electron chi connectivity index (χ0n) is 8.42. The van der Waals surface area contributed by atoms with Gasteiger partial charge in [-0.1, -0.05) is 20.3 Å². The van der Waals surface area contributed by atoms with Crippen molar-refractivity contribution >= 4 is 5.91 Å². The van der Waals surface area contributed by atoms with E-state index in [1.807, 2.05) is 13.8 Å². The Morgan fingerprint density at radius 1 is 1.54 bits per heavy atom. The summed E-state index contributed by atoms with van der Waals surface area (Å²) in [4.78, 5) is 11.3. The van der Waals surface area contributed by atoms with Gasteiger partial charge in [-0.25, -0.2) is 0 Å². The summed E-state index contributed by atoms with van der Waals surface area (Å²) < 4.78 is 0. The van der Waals surface area contributed by atoms with Crippen molar-refractivity contribution in [2.45, 2.75) is 45.2 Å². The predicted molar refractivity (Wildman–Crippen MR) is 52.2 cm³/mol. The molecule has 78 valence electrons. The summed E-state index contributed by atoms with van der Waals surface area (Å²) in [5.41, 5.74) is 5.59. The monoisotopic (exact) mass is 188 g/mol. The summed E-state index contributed by atoms with van der Waals surface area (Å²) in [5, 5.41) is 11.5. The highest BCUT2D eigenvalue weighted by molar-refractivity contribution is 5.81. The average molecular weight is 188 g/mol. The van der Waals surface area contributed by atoms with Crippen molar-refractivity contribution in [3.05, 3.63) is 0 Å². The number of aliphatic hydroxyl groups excluding tert-OH is 1. The largest absolute Gasteiger partial charge is 0.394 e. The smallest absolute Gasteiger partial charge is 0.237 e. The molecule has 0 unspecified atom stereocenters. The minimum Gasteiger partial charge on any atom is -0.394 e. The Labute approximate surface area is 79.5 Å². The third kappa shape index (κ3) is 4.85. The van der Waals surface area contributed by atoms with Gasteiger partial charge in [0.1, 0.15) is 0 Å². The number of nitrogens with one attached hydrogen (secondary N) is 1. The molecule has 0 aromatic heterocycles. The number of aliphatic hydroxyl groups is 1. The first kappa shape index (κ1) is 12.4. The minimum atomic E-state index is -0.439. The Bertz CT molecular complexity index is 147. The lowest BCUT2D eigenvalue weighted by molar-refractivity contribution is -0.123. The Kier molecular flexibility index (Phi) is 6.54. The van der Waals surface area contributed by atoms with Gasteiger partial charge in [0.15, 0.2) is 0 Å². The van der Waals surface area contributed by atoms with Gasteiger partial charge in [-0.15, -0.1) is 0 Å². The second-order valence-corrected chi connectivity index (χ2v) is 3.19. The van der Waals surface area contributed by atoms with Crippen molar-refractivity contribution in [2.24, 2.45) is 5.73 Å². The van der Waals surface area contributed by atoms with Gasteiger partial charge < -0.3 is 16.2 Å². The molecule has 4 N–H and O–H groups in total. The molecule has 4 nitrogen and oxygen atoms in total. The van der Waals surface area contributed by atoms with Crippen LogP contribution in [0.15, 0.2) is 0 Å². The van der Waals surface area contributed by atoms with Crippen molar-refractivity contribution < 1.29 is 9.90 Å². The van der Waals surface area contributed by atoms with Crippen molar-refractivity contribution in [3.63, 3.8) is 0 Å². The second kappa shape index (κ2) is 6.86. The van der Waals surface area contributed by atoms with E-state index in [2.05, 4.69) is 5.32 Å². The molecule has 0 aromatic rings. The summed E-state index contributed by atoms with van der Waals surface area (Å²) >= 11 is 0. The zero-order chi connectivity index (χ0) is 10.3. The van der Waals surface area contributed by atoms with Gasteiger partial charge in [0.25, 0.3) is 0 Å². The summed E-state index contributed by atoms with van der Waals surface area (Å²) in [6.45, 7) is 3.87. The third-order valence-corrected chi connectivity index (χ3v) is 2.00. The van der Waals surface area contributed by atoms with Crippen LogP contribution in [-0.2, 0) is 4.79 Å². The molecule has 4 heteroatoms. The fourth-order valence-electron chi connectivity index (χ4n) is 1.03. The fourth-order valence-corrected chi connectivity index (χ4v) is 1.03. The van der Waals surface area contributed by atoms with Crippen LogP contribution in [0.5, 0.6) is 0 Å². The Morgan fingerprint density at radius 2 is 2.15 bits per heavy atom. The van der Waals surface area contributed by atoms with E-state index in [0.29, 0.717) is 6.42 Å². The topological polar surface area (TPSA) is 75.4 Å². The van der Waals surface area contributed by atoms with Gasteiger partial charge in [0.2, 0.25) is 5.91 Å². The van der Waals surface area contributed by atoms with Gasteiger partial charge in [-0.2, -0.15) is 0 Å². The highest BCUT2D eigenvalue weighted by Gasteiger charge is 2.15. The van der Waals surface area contributed by atoms with Gasteiger partial charge >= 0.3 is 0 Å². The lowest BCUT2D eigenvalue weighted by Gasteiger charge is -2.17. The first-order valence-electron chi connectivity index (χ1n) is 4.82. The van der Waals surface area contributed by atoms with Gasteiger partial charge in [0, 0.05) is 0 Å². The molecule has 1 amide bonds. The van der Waals surface area contributed by atoms with E-state index >= 15 is 0 Å². The molecular weight excluding hydrogens is 168 g/mol. The van der Waals surface area contributed by atoms with Crippen LogP contribution in [0, 0.1) is 0 Å². The van der Waals surface area contributed by atoms with E-state index in [4.69, 9.17) is 10.8 Å². The van der Waals surface area contributed by atoms with E-state index in [0.717, 1.165) is 12.8 Å². The maximum Gasteiger partial charge on any atom is 0.237 e. The molecule has 13 heavy (non-hydrogen) atoms. The average Bonchev–Trinajstić information content (AvgIpc) is 2.14. The number of hydrogen-bond acceptors (Lipinski definition) is 3. The molecule has 0 fully saturated rings. The molecule has 0 aromatic carbocycles. The number of rotatable bonds is 6. The van der Waals surface area contributed by atoms with Crippen LogP contribution in [-0.4, -0.2) is 29.7 Å². The minimum absolute atomic E-state index is 0.0267. The van der Waals surface area contributed by atoms with Crippen LogP contribution in [0.4, 0.5) is 0 Å². The molecule has 0 aliphatic rings. The summed E-state index contributed by atoms with van der Waals surface area (Å²) in [6, 6.07) is -0.596. The SMILES string of the molecule is CCC[C@H](N)C(=O)N[C@@H](CC)CO. The molecular formula is C9H20N2O2. The summed E-state index contributed by atoms with van der Waals surface area (Å²) in [5.74, 6) is -0.164. The third-order valence-electron chi connectivity index (χ3n) is 2.00. The number of nitrogens with two attached hydrogens (primary N) is 1. The van der Waals surface area contributed by atoms with Crippen LogP contribution in [0.25, 0.3) is 0 Å². The Hall–Kier alpha value is -0.610. The molecule has 0 radical (unpaired) electrons. The fraction of sp³-hybridized carbons (Fsp3) is 0.889. The van der Waals surface area contributed by atoms with Crippen molar-refractivity contribution in [1.29, 1.82) is 0 Å². The molecule has 0 rings (SSSR count). The number of carbonyl (C=O) groups is 1. The summed E-state index contributed by atoms with van der Waals surface area (Å²) in [7, 11) is 0. The first-order chi connectivity index (χ1) is 6.15. The molecule has 0 saturated carbocycles. The zero-order valence-corrected chi connectivity index (χ0v) is 8.42. The van der Waals surface area contributed by atoms with Crippen LogP contribution in [0.2, 0.25) is 0 Å². The molecule has 2 atom stereocenters. The van der Waals surface area contributed by atoms with Gasteiger partial charge in [0.05, 0.1) is 18.7 Å². The van der Waals surface area contributed by atoms with Crippen LogP contribution < -0.4 is 11.1 Å². The van der Waals surface area contributed by atoms with Crippen LogP contribution in [0.1, 0.15) is 33.1 Å². The van der Waals surface area contributed by atoms with E-state index in [1.165, 1.54) is 0 Å². The molecule has 0 saturated heterocycles. The van der Waals surface area contributed by atoms with Gasteiger partial charge in [-0.3, -0.25) is 4.79 Å². The van der Waals surface area contributed by atoms with Gasteiger partial charge in [-0.05, 0) is 12.8 Å². The van der Waals surface area contributed by atoms with E-state index in [9.17, 15) is 4.79 Å². The molecule has 0 spiro atoms. The van der Waals surface area contributed by atoms with Crippen molar-refractivity contribution in [3.8, 4) is 0 Å². The number of amides is 1. The highest BCUT2D eigenvalue weighted by Crippen LogP contribution is 1.95. The summed E-state index contributed by atoms with van der Waals surface area (Å²) in [6.07, 6.45) is 2.30. The first-order valence-corrected chi connectivity index (χ1v) is 4.82. The standard InChI is InChI=1S/C9H20N2O2/c1-3-5-8(10)9(13)11-7(4-2)6-12/h7-8,12H,3-6,10H2,1-2H3,(H,11,13)/t7-,8-/m0/s1. The number of hydrogen-bond donors (Lipinski definition) is 3. The quantitative estimate of drug-likeness (QED) is 0.549. The molecule has 0 bridgehead atoms. The Morgan fingerprint density at radius 3 is 2.54 bits per heavy atom. The predicted octanol–water partition coefficient (Wildman–Crippen LogP) is 0.000900.